The molecule has 0 saturated carbocycles. The lowest BCUT2D eigenvalue weighted by Crippen LogP contribution is -2.19. The Balaban J connectivity index is 2.01. The summed E-state index contributed by atoms with van der Waals surface area (Å²) in [5.41, 5.74) is 2.57. The molecule has 0 saturated heterocycles. The van der Waals surface area contributed by atoms with Gasteiger partial charge >= 0.3 is 6.03 Å². The summed E-state index contributed by atoms with van der Waals surface area (Å²) < 4.78 is 0. The number of nitrogens with one attached hydrogen (secondary N) is 2. The van der Waals surface area contributed by atoms with Crippen LogP contribution in [0.2, 0.25) is 0 Å². The summed E-state index contributed by atoms with van der Waals surface area (Å²) in [6.07, 6.45) is 0. The second kappa shape index (κ2) is 5.91. The first-order chi connectivity index (χ1) is 9.15. The maximum Gasteiger partial charge on any atom is 0.323 e. The molecular weight excluding hydrogens is 238 g/mol. The lowest BCUT2D eigenvalue weighted by Gasteiger charge is -2.14. The molecule has 0 aliphatic rings. The zero-order valence-corrected chi connectivity index (χ0v) is 11.1. The minimum absolute atomic E-state index is 0.248. The number of carbonyl (C=O) groups is 1. The maximum atomic E-state index is 11.8. The highest BCUT2D eigenvalue weighted by molar-refractivity contribution is 5.99. The minimum Gasteiger partial charge on any atom is -0.378 e. The summed E-state index contributed by atoms with van der Waals surface area (Å²) in [6, 6.07) is 16.8. The van der Waals surface area contributed by atoms with E-state index in [1.54, 1.807) is 0 Å². The van der Waals surface area contributed by atoms with Crippen molar-refractivity contribution in [2.24, 2.45) is 0 Å². The Bertz CT molecular complexity index is 552. The molecule has 0 fully saturated rings. The van der Waals surface area contributed by atoms with Gasteiger partial charge in [0.1, 0.15) is 0 Å². The largest absolute Gasteiger partial charge is 0.378 e. The molecule has 0 bridgehead atoms. The van der Waals surface area contributed by atoms with Crippen LogP contribution >= 0.6 is 0 Å². The van der Waals surface area contributed by atoms with Crippen LogP contribution in [0.25, 0.3) is 0 Å². The van der Waals surface area contributed by atoms with Gasteiger partial charge in [-0.05, 0) is 30.3 Å². The van der Waals surface area contributed by atoms with E-state index < -0.39 is 0 Å². The molecule has 4 heteroatoms. The number of anilines is 3. The van der Waals surface area contributed by atoms with Crippen LogP contribution in [0.5, 0.6) is 0 Å². The average molecular weight is 255 g/mol. The average Bonchev–Trinajstić information content (AvgIpc) is 2.40. The molecule has 0 heterocycles. The Hall–Kier alpha value is -2.49. The molecule has 2 amide bonds. The van der Waals surface area contributed by atoms with Crippen molar-refractivity contribution in [3.05, 3.63) is 54.6 Å². The Morgan fingerprint density at radius 2 is 1.53 bits per heavy atom. The second-order valence-corrected chi connectivity index (χ2v) is 4.39. The van der Waals surface area contributed by atoms with Crippen molar-refractivity contribution in [2.45, 2.75) is 0 Å². The SMILES string of the molecule is CN(C)c1cccc(NC(=O)Nc2ccccc2)c1. The van der Waals surface area contributed by atoms with Gasteiger partial charge in [0.05, 0.1) is 0 Å². The molecule has 2 aromatic rings. The Morgan fingerprint density at radius 1 is 0.895 bits per heavy atom. The number of para-hydroxylation sites is 1. The van der Waals surface area contributed by atoms with Gasteiger partial charge in [-0.1, -0.05) is 24.3 Å². The number of benzene rings is 2. The quantitative estimate of drug-likeness (QED) is 0.883. The summed E-state index contributed by atoms with van der Waals surface area (Å²) in [4.78, 5) is 13.8. The molecule has 0 aromatic heterocycles. The van der Waals surface area contributed by atoms with Crippen LogP contribution in [0, 0.1) is 0 Å². The number of hydrogen-bond donors (Lipinski definition) is 2. The molecule has 2 rings (SSSR count). The number of hydrogen-bond acceptors (Lipinski definition) is 2. The van der Waals surface area contributed by atoms with Crippen molar-refractivity contribution >= 4 is 23.1 Å². The van der Waals surface area contributed by atoms with Gasteiger partial charge in [0, 0.05) is 31.2 Å². The van der Waals surface area contributed by atoms with Gasteiger partial charge in [-0.3, -0.25) is 0 Å². The summed E-state index contributed by atoms with van der Waals surface area (Å²) in [6.45, 7) is 0. The minimum atomic E-state index is -0.248. The van der Waals surface area contributed by atoms with E-state index >= 15 is 0 Å². The Kier molecular flexibility index (Phi) is 4.03. The van der Waals surface area contributed by atoms with E-state index in [4.69, 9.17) is 0 Å². The zero-order chi connectivity index (χ0) is 13.7. The molecule has 2 aromatic carbocycles. The number of amides is 2. The van der Waals surface area contributed by atoms with Crippen LogP contribution in [-0.4, -0.2) is 20.1 Å². The van der Waals surface area contributed by atoms with Gasteiger partial charge in [-0.2, -0.15) is 0 Å². The van der Waals surface area contributed by atoms with Crippen LogP contribution < -0.4 is 15.5 Å². The first kappa shape index (κ1) is 13.0. The maximum absolute atomic E-state index is 11.8. The summed E-state index contributed by atoms with van der Waals surface area (Å²) >= 11 is 0. The van der Waals surface area contributed by atoms with Crippen molar-refractivity contribution in [3.63, 3.8) is 0 Å². The lowest BCUT2D eigenvalue weighted by atomic mass is 10.2. The van der Waals surface area contributed by atoms with E-state index in [1.165, 1.54) is 0 Å². The third-order valence-electron chi connectivity index (χ3n) is 2.65. The van der Waals surface area contributed by atoms with Crippen LogP contribution in [0.3, 0.4) is 0 Å². The summed E-state index contributed by atoms with van der Waals surface area (Å²) in [5.74, 6) is 0. The lowest BCUT2D eigenvalue weighted by molar-refractivity contribution is 0.262. The van der Waals surface area contributed by atoms with Gasteiger partial charge in [0.15, 0.2) is 0 Å². The van der Waals surface area contributed by atoms with Crippen LogP contribution in [0.1, 0.15) is 0 Å². The van der Waals surface area contributed by atoms with Crippen molar-refractivity contribution < 1.29 is 4.79 Å². The fraction of sp³-hybridized carbons (Fsp3) is 0.133. The Labute approximate surface area is 113 Å². The third-order valence-corrected chi connectivity index (χ3v) is 2.65. The molecule has 0 radical (unpaired) electrons. The smallest absolute Gasteiger partial charge is 0.323 e. The predicted octanol–water partition coefficient (Wildman–Crippen LogP) is 3.40. The zero-order valence-electron chi connectivity index (χ0n) is 11.1. The first-order valence-corrected chi connectivity index (χ1v) is 6.05. The topological polar surface area (TPSA) is 44.4 Å². The number of rotatable bonds is 3. The van der Waals surface area contributed by atoms with E-state index in [-0.39, 0.29) is 6.03 Å². The highest BCUT2D eigenvalue weighted by atomic mass is 16.2. The molecule has 0 atom stereocenters. The van der Waals surface area contributed by atoms with Gasteiger partial charge < -0.3 is 15.5 Å². The molecule has 0 aliphatic heterocycles. The fourth-order valence-corrected chi connectivity index (χ4v) is 1.68. The predicted molar refractivity (Wildman–Crippen MR) is 79.9 cm³/mol. The fourth-order valence-electron chi connectivity index (χ4n) is 1.68. The number of urea groups is 1. The second-order valence-electron chi connectivity index (χ2n) is 4.39. The molecule has 0 spiro atoms. The van der Waals surface area contributed by atoms with E-state index in [2.05, 4.69) is 10.6 Å². The third kappa shape index (κ3) is 3.74. The molecule has 0 unspecified atom stereocenters. The van der Waals surface area contributed by atoms with E-state index in [0.29, 0.717) is 0 Å². The molecule has 98 valence electrons. The van der Waals surface area contributed by atoms with Gasteiger partial charge in [-0.15, -0.1) is 0 Å². The molecule has 2 N–H and O–H groups in total. The standard InChI is InChI=1S/C15H17N3O/c1-18(2)14-10-6-9-13(11-14)17-15(19)16-12-7-4-3-5-8-12/h3-11H,1-2H3,(H2,16,17,19). The van der Waals surface area contributed by atoms with E-state index in [9.17, 15) is 4.79 Å². The normalized spacial score (nSPS) is 9.79. The van der Waals surface area contributed by atoms with E-state index in [1.807, 2.05) is 73.6 Å². The van der Waals surface area contributed by atoms with Crippen molar-refractivity contribution in [2.75, 3.05) is 29.6 Å². The molecule has 0 aliphatic carbocycles. The van der Waals surface area contributed by atoms with Gasteiger partial charge in [-0.25, -0.2) is 4.79 Å². The van der Waals surface area contributed by atoms with Crippen molar-refractivity contribution in [1.29, 1.82) is 0 Å². The number of nitrogens with zero attached hydrogens (tertiary/aromatic N) is 1. The van der Waals surface area contributed by atoms with Crippen LogP contribution in [-0.2, 0) is 0 Å². The van der Waals surface area contributed by atoms with E-state index in [0.717, 1.165) is 17.1 Å². The molecular formula is C15H17N3O. The summed E-state index contributed by atoms with van der Waals surface area (Å²) in [5, 5.41) is 5.58. The molecule has 4 nitrogen and oxygen atoms in total. The monoisotopic (exact) mass is 255 g/mol. The first-order valence-electron chi connectivity index (χ1n) is 6.05. The highest BCUT2D eigenvalue weighted by Gasteiger charge is 2.03. The van der Waals surface area contributed by atoms with Crippen molar-refractivity contribution in [1.82, 2.24) is 0 Å². The van der Waals surface area contributed by atoms with Gasteiger partial charge in [0.2, 0.25) is 0 Å². The Morgan fingerprint density at radius 3 is 2.21 bits per heavy atom. The van der Waals surface area contributed by atoms with Crippen LogP contribution in [0.15, 0.2) is 54.6 Å². The van der Waals surface area contributed by atoms with Crippen molar-refractivity contribution in [3.8, 4) is 0 Å². The number of carbonyl (C=O) groups excluding carboxylic acids is 1. The highest BCUT2D eigenvalue weighted by Crippen LogP contribution is 2.17. The van der Waals surface area contributed by atoms with Crippen LogP contribution in [0.4, 0.5) is 21.9 Å². The molecule has 19 heavy (non-hydrogen) atoms. The van der Waals surface area contributed by atoms with Gasteiger partial charge in [0.25, 0.3) is 0 Å². The summed E-state index contributed by atoms with van der Waals surface area (Å²) in [7, 11) is 3.92.